The van der Waals surface area contributed by atoms with Gasteiger partial charge in [0, 0.05) is 0 Å². The Bertz CT molecular complexity index is 269. The van der Waals surface area contributed by atoms with Crippen molar-refractivity contribution in [3.63, 3.8) is 0 Å². The molecule has 0 fully saturated rings. The predicted molar refractivity (Wildman–Crippen MR) is 43.5 cm³/mol. The number of ether oxygens (including phenoxy) is 1. The summed E-state index contributed by atoms with van der Waals surface area (Å²) < 4.78 is 25.8. The maximum Gasteiger partial charge on any atom is 0.251 e. The van der Waals surface area contributed by atoms with Crippen molar-refractivity contribution < 1.29 is 13.2 Å². The molecule has 6 heteroatoms. The second kappa shape index (κ2) is 3.75. The van der Waals surface area contributed by atoms with E-state index < -0.39 is 15.5 Å². The van der Waals surface area contributed by atoms with Gasteiger partial charge in [0.15, 0.2) is 0 Å². The zero-order valence-electron chi connectivity index (χ0n) is 5.51. The highest BCUT2D eigenvalue weighted by Crippen LogP contribution is 2.05. The SMILES string of the molecule is Cl.NS(=O)(=O)C1C=CC=CO1. The van der Waals surface area contributed by atoms with Gasteiger partial charge in [-0.3, -0.25) is 0 Å². The van der Waals surface area contributed by atoms with Gasteiger partial charge in [0.2, 0.25) is 5.44 Å². The molecular weight excluding hydrogens is 190 g/mol. The summed E-state index contributed by atoms with van der Waals surface area (Å²) in [5.74, 6) is 0. The van der Waals surface area contributed by atoms with Crippen LogP contribution in [0.2, 0.25) is 0 Å². The second-order valence-electron chi connectivity index (χ2n) is 1.81. The van der Waals surface area contributed by atoms with E-state index in [0.717, 1.165) is 0 Å². The fourth-order valence-corrected chi connectivity index (χ4v) is 1.08. The summed E-state index contributed by atoms with van der Waals surface area (Å²) in [5, 5.41) is 4.77. The number of halogens is 1. The van der Waals surface area contributed by atoms with Crippen LogP contribution in [-0.4, -0.2) is 13.9 Å². The third-order valence-corrected chi connectivity index (χ3v) is 1.91. The van der Waals surface area contributed by atoms with Crippen LogP contribution in [0.3, 0.4) is 0 Å². The van der Waals surface area contributed by atoms with Crippen LogP contribution in [0, 0.1) is 0 Å². The Hall–Kier alpha value is -0.520. The summed E-state index contributed by atoms with van der Waals surface area (Å²) in [7, 11) is -3.59. The third kappa shape index (κ3) is 2.92. The largest absolute Gasteiger partial charge is 0.477 e. The van der Waals surface area contributed by atoms with Crippen LogP contribution in [0.15, 0.2) is 24.5 Å². The number of primary sulfonamides is 1. The first-order valence-electron chi connectivity index (χ1n) is 2.61. The molecule has 1 unspecified atom stereocenters. The third-order valence-electron chi connectivity index (χ3n) is 0.994. The minimum Gasteiger partial charge on any atom is -0.477 e. The molecule has 0 aromatic carbocycles. The molecule has 0 saturated heterocycles. The standard InChI is InChI=1S/C5H7NO3S.ClH/c6-10(7,8)5-3-1-2-4-9-5;/h1-5H,(H2,6,7,8);1H. The summed E-state index contributed by atoms with van der Waals surface area (Å²) in [6.07, 6.45) is 5.81. The number of allylic oxidation sites excluding steroid dienone is 2. The normalized spacial score (nSPS) is 22.1. The van der Waals surface area contributed by atoms with E-state index in [1.165, 1.54) is 12.3 Å². The van der Waals surface area contributed by atoms with Crippen LogP contribution >= 0.6 is 12.4 Å². The molecule has 1 aliphatic rings. The van der Waals surface area contributed by atoms with Gasteiger partial charge in [-0.05, 0) is 12.2 Å². The lowest BCUT2D eigenvalue weighted by Gasteiger charge is -2.11. The summed E-state index contributed by atoms with van der Waals surface area (Å²) in [4.78, 5) is 0. The molecule has 2 N–H and O–H groups in total. The van der Waals surface area contributed by atoms with E-state index in [-0.39, 0.29) is 12.4 Å². The first-order chi connectivity index (χ1) is 4.61. The highest BCUT2D eigenvalue weighted by Gasteiger charge is 2.18. The van der Waals surface area contributed by atoms with Gasteiger partial charge in [-0.2, -0.15) is 0 Å². The summed E-state index contributed by atoms with van der Waals surface area (Å²) in [6.45, 7) is 0. The minimum atomic E-state index is -3.59. The van der Waals surface area contributed by atoms with Crippen LogP contribution in [0.4, 0.5) is 0 Å². The number of nitrogens with two attached hydrogens (primary N) is 1. The van der Waals surface area contributed by atoms with E-state index in [4.69, 9.17) is 5.14 Å². The number of sulfonamides is 1. The van der Waals surface area contributed by atoms with Gasteiger partial charge in [-0.25, -0.2) is 13.6 Å². The van der Waals surface area contributed by atoms with Crippen LogP contribution < -0.4 is 5.14 Å². The molecule has 11 heavy (non-hydrogen) atoms. The highest BCUT2D eigenvalue weighted by atomic mass is 35.5. The van der Waals surface area contributed by atoms with E-state index in [9.17, 15) is 8.42 Å². The van der Waals surface area contributed by atoms with Crippen molar-refractivity contribution in [2.45, 2.75) is 5.44 Å². The van der Waals surface area contributed by atoms with Gasteiger partial charge in [0.1, 0.15) is 0 Å². The number of rotatable bonds is 1. The van der Waals surface area contributed by atoms with E-state index >= 15 is 0 Å². The maximum atomic E-state index is 10.6. The van der Waals surface area contributed by atoms with Crippen LogP contribution in [0.25, 0.3) is 0 Å². The fourth-order valence-electron chi connectivity index (χ4n) is 0.555. The highest BCUT2D eigenvalue weighted by molar-refractivity contribution is 7.89. The van der Waals surface area contributed by atoms with Gasteiger partial charge in [0.25, 0.3) is 10.0 Å². The lowest BCUT2D eigenvalue weighted by Crippen LogP contribution is -2.28. The fraction of sp³-hybridized carbons (Fsp3) is 0.200. The average Bonchev–Trinajstić information content (AvgIpc) is 1.88. The molecule has 0 bridgehead atoms. The van der Waals surface area contributed by atoms with Crippen molar-refractivity contribution in [1.29, 1.82) is 0 Å². The molecule has 0 spiro atoms. The van der Waals surface area contributed by atoms with Crippen molar-refractivity contribution >= 4 is 22.4 Å². The number of hydrogen-bond donors (Lipinski definition) is 1. The molecule has 0 saturated carbocycles. The summed E-state index contributed by atoms with van der Waals surface area (Å²) >= 11 is 0. The van der Waals surface area contributed by atoms with Crippen LogP contribution in [0.5, 0.6) is 0 Å². The molecule has 4 nitrogen and oxygen atoms in total. The molecule has 0 aliphatic carbocycles. The number of hydrogen-bond acceptors (Lipinski definition) is 3. The van der Waals surface area contributed by atoms with Gasteiger partial charge >= 0.3 is 0 Å². The van der Waals surface area contributed by atoms with Crippen molar-refractivity contribution in [3.8, 4) is 0 Å². The van der Waals surface area contributed by atoms with E-state index in [1.54, 1.807) is 12.2 Å². The molecule has 64 valence electrons. The Labute approximate surface area is 71.2 Å². The minimum absolute atomic E-state index is 0. The average molecular weight is 198 g/mol. The quantitative estimate of drug-likeness (QED) is 0.650. The molecular formula is C5H8ClNO3S. The Balaban J connectivity index is 0.000001000. The monoisotopic (exact) mass is 197 g/mol. The smallest absolute Gasteiger partial charge is 0.251 e. The summed E-state index contributed by atoms with van der Waals surface area (Å²) in [6, 6.07) is 0. The molecule has 0 aromatic rings. The predicted octanol–water partition coefficient (Wildman–Crippen LogP) is 0.123. The van der Waals surface area contributed by atoms with E-state index in [0.29, 0.717) is 0 Å². The van der Waals surface area contributed by atoms with Crippen molar-refractivity contribution in [3.05, 3.63) is 24.5 Å². The molecule has 1 atom stereocenters. The Morgan fingerprint density at radius 1 is 1.36 bits per heavy atom. The Morgan fingerprint density at radius 3 is 2.27 bits per heavy atom. The molecule has 0 aromatic heterocycles. The lowest BCUT2D eigenvalue weighted by molar-refractivity contribution is 0.245. The van der Waals surface area contributed by atoms with E-state index in [2.05, 4.69) is 4.74 Å². The van der Waals surface area contributed by atoms with Gasteiger partial charge < -0.3 is 4.74 Å². The van der Waals surface area contributed by atoms with Gasteiger partial charge in [-0.1, -0.05) is 6.08 Å². The van der Waals surface area contributed by atoms with Crippen molar-refractivity contribution in [2.24, 2.45) is 5.14 Å². The van der Waals surface area contributed by atoms with Crippen molar-refractivity contribution in [1.82, 2.24) is 0 Å². The molecule has 1 heterocycles. The first kappa shape index (κ1) is 10.5. The molecule has 0 amide bonds. The van der Waals surface area contributed by atoms with Crippen LogP contribution in [-0.2, 0) is 14.8 Å². The first-order valence-corrected chi connectivity index (χ1v) is 4.22. The summed E-state index contributed by atoms with van der Waals surface area (Å²) in [5.41, 5.74) is -1.02. The zero-order chi connectivity index (χ0) is 7.61. The molecule has 0 radical (unpaired) electrons. The Kier molecular flexibility index (Phi) is 3.57. The maximum absolute atomic E-state index is 10.6. The molecule has 1 rings (SSSR count). The van der Waals surface area contributed by atoms with Crippen molar-refractivity contribution in [2.75, 3.05) is 0 Å². The molecule has 1 aliphatic heterocycles. The lowest BCUT2D eigenvalue weighted by atomic mass is 10.4. The Morgan fingerprint density at radius 2 is 2.00 bits per heavy atom. The second-order valence-corrected chi connectivity index (χ2v) is 3.45. The topological polar surface area (TPSA) is 69.4 Å². The van der Waals surface area contributed by atoms with Gasteiger partial charge in [0.05, 0.1) is 6.26 Å². The van der Waals surface area contributed by atoms with E-state index in [1.807, 2.05) is 0 Å². The van der Waals surface area contributed by atoms with Crippen LogP contribution in [0.1, 0.15) is 0 Å². The van der Waals surface area contributed by atoms with Gasteiger partial charge in [-0.15, -0.1) is 12.4 Å². The zero-order valence-corrected chi connectivity index (χ0v) is 7.14.